The summed E-state index contributed by atoms with van der Waals surface area (Å²) in [5.41, 5.74) is 1.45. The molecule has 4 aromatic rings. The van der Waals surface area contributed by atoms with Crippen molar-refractivity contribution in [2.24, 2.45) is 0 Å². The molecule has 0 spiro atoms. The van der Waals surface area contributed by atoms with Crippen LogP contribution in [0.15, 0.2) is 42.9 Å². The Labute approximate surface area is 274 Å². The first-order valence-electron chi connectivity index (χ1n) is 15.8. The van der Waals surface area contributed by atoms with Gasteiger partial charge in [0.05, 0.1) is 23.4 Å². The summed E-state index contributed by atoms with van der Waals surface area (Å²) in [5.74, 6) is 1.18. The van der Waals surface area contributed by atoms with Crippen LogP contribution >= 0.6 is 0 Å². The van der Waals surface area contributed by atoms with E-state index in [9.17, 15) is 14.4 Å². The Kier molecular flexibility index (Phi) is 7.76. The average Bonchev–Trinajstić information content (AvgIpc) is 3.37. The van der Waals surface area contributed by atoms with E-state index >= 15 is 0 Å². The number of hydrogen-bond acceptors (Lipinski definition) is 9. The Morgan fingerprint density at radius 3 is 2.36 bits per heavy atom. The normalized spacial score (nSPS) is 17.2. The van der Waals surface area contributed by atoms with E-state index in [0.717, 1.165) is 34.2 Å². The minimum atomic E-state index is -0.728. The van der Waals surface area contributed by atoms with Crippen LogP contribution in [0.25, 0.3) is 10.9 Å². The summed E-state index contributed by atoms with van der Waals surface area (Å²) in [4.78, 5) is 49.8. The van der Waals surface area contributed by atoms with Gasteiger partial charge in [0.15, 0.2) is 0 Å². The van der Waals surface area contributed by atoms with E-state index < -0.39 is 23.3 Å². The third-order valence-electron chi connectivity index (χ3n) is 8.20. The van der Waals surface area contributed by atoms with Crippen LogP contribution in [-0.4, -0.2) is 64.7 Å². The number of aromatic nitrogens is 5. The molecule has 1 fully saturated rings. The van der Waals surface area contributed by atoms with Gasteiger partial charge in [0.2, 0.25) is 5.88 Å². The van der Waals surface area contributed by atoms with Gasteiger partial charge < -0.3 is 14.2 Å². The molecule has 0 bridgehead atoms. The second-order valence-electron chi connectivity index (χ2n) is 14.6. The Morgan fingerprint density at radius 2 is 1.68 bits per heavy atom. The van der Waals surface area contributed by atoms with Crippen molar-refractivity contribution in [3.63, 3.8) is 0 Å². The number of fused-ring (bicyclic) bond motifs is 2. The van der Waals surface area contributed by atoms with Gasteiger partial charge in [-0.05, 0) is 92.0 Å². The molecule has 250 valence electrons. The highest BCUT2D eigenvalue weighted by molar-refractivity contribution is 5.99. The first-order chi connectivity index (χ1) is 22.0. The number of benzene rings is 1. The predicted octanol–water partition coefficient (Wildman–Crippen LogP) is 7.26. The first kappa shape index (κ1) is 32.0. The van der Waals surface area contributed by atoms with Crippen molar-refractivity contribution in [1.29, 1.82) is 0 Å². The van der Waals surface area contributed by atoms with Gasteiger partial charge in [-0.1, -0.05) is 6.92 Å². The molecule has 6 rings (SSSR count). The number of nitrogens with one attached hydrogen (secondary N) is 1. The predicted molar refractivity (Wildman–Crippen MR) is 176 cm³/mol. The highest BCUT2D eigenvalue weighted by Crippen LogP contribution is 2.47. The third kappa shape index (κ3) is 6.79. The Hall–Kier alpha value is -4.94. The average molecular weight is 646 g/mol. The second-order valence-corrected chi connectivity index (χ2v) is 14.6. The Bertz CT molecular complexity index is 1880. The highest BCUT2D eigenvalue weighted by Gasteiger charge is 2.42. The molecule has 0 unspecified atom stereocenters. The van der Waals surface area contributed by atoms with Crippen LogP contribution in [0, 0.1) is 0 Å². The van der Waals surface area contributed by atoms with Crippen LogP contribution < -0.4 is 10.1 Å². The van der Waals surface area contributed by atoms with Crippen LogP contribution in [0.1, 0.15) is 86.6 Å². The summed E-state index contributed by atoms with van der Waals surface area (Å²) in [6.07, 6.45) is 4.45. The molecule has 3 aromatic heterocycles. The van der Waals surface area contributed by atoms with Gasteiger partial charge in [-0.3, -0.25) is 14.8 Å². The van der Waals surface area contributed by atoms with E-state index in [0.29, 0.717) is 29.3 Å². The molecule has 1 aliphatic heterocycles. The van der Waals surface area contributed by atoms with E-state index in [-0.39, 0.29) is 31.3 Å². The maximum atomic E-state index is 13.5. The maximum Gasteiger partial charge on any atom is 0.437 e. The van der Waals surface area contributed by atoms with Crippen LogP contribution in [0.2, 0.25) is 0 Å². The van der Waals surface area contributed by atoms with Gasteiger partial charge in [-0.2, -0.15) is 5.10 Å². The van der Waals surface area contributed by atoms with E-state index in [2.05, 4.69) is 27.3 Å². The second kappa shape index (κ2) is 11.4. The van der Waals surface area contributed by atoms with Crippen LogP contribution in [0.5, 0.6) is 11.6 Å². The molecule has 13 nitrogen and oxygen atoms in total. The molecule has 1 aromatic carbocycles. The van der Waals surface area contributed by atoms with Crippen LogP contribution in [0.3, 0.4) is 0 Å². The SMILES string of the molecule is C[C@H]1Cc2c(ncnc2Oc2ccc3c(ccn3C(=O)Nc3cc(C4(C)CC4)nn3C(=O)OC(C)(C)C)c2)CN1C(=O)OC(C)(C)C.[HH]. The largest absolute Gasteiger partial charge is 0.444 e. The number of anilines is 1. The topological polar surface area (TPSA) is 143 Å². The molecular weight excluding hydrogens is 602 g/mol. The van der Waals surface area contributed by atoms with Crippen LogP contribution in [-0.2, 0) is 27.9 Å². The zero-order valence-corrected chi connectivity index (χ0v) is 28.1. The van der Waals surface area contributed by atoms with Gasteiger partial charge in [0.25, 0.3) is 0 Å². The zero-order valence-electron chi connectivity index (χ0n) is 28.1. The summed E-state index contributed by atoms with van der Waals surface area (Å²) in [5, 5.41) is 8.11. The van der Waals surface area contributed by atoms with E-state index in [1.807, 2.05) is 33.8 Å². The lowest BCUT2D eigenvalue weighted by molar-refractivity contribution is 0.0132. The molecule has 1 saturated carbocycles. The number of rotatable bonds is 4. The van der Waals surface area contributed by atoms with E-state index in [1.54, 1.807) is 56.1 Å². The zero-order chi connectivity index (χ0) is 33.9. The van der Waals surface area contributed by atoms with Crippen molar-refractivity contribution in [3.8, 4) is 11.6 Å². The number of carbonyl (C=O) groups excluding carboxylic acids is 3. The summed E-state index contributed by atoms with van der Waals surface area (Å²) >= 11 is 0. The summed E-state index contributed by atoms with van der Waals surface area (Å²) < 4.78 is 20.0. The monoisotopic (exact) mass is 645 g/mol. The molecule has 1 N–H and O–H groups in total. The van der Waals surface area contributed by atoms with Crippen molar-refractivity contribution < 1.29 is 30.0 Å². The molecule has 13 heteroatoms. The highest BCUT2D eigenvalue weighted by atomic mass is 16.6. The lowest BCUT2D eigenvalue weighted by Gasteiger charge is -2.35. The molecule has 2 aliphatic rings. The minimum absolute atomic E-state index is 0. The minimum Gasteiger partial charge on any atom is -0.444 e. The molecule has 2 amide bonds. The summed E-state index contributed by atoms with van der Waals surface area (Å²) in [7, 11) is 0. The molecule has 1 aliphatic carbocycles. The van der Waals surface area contributed by atoms with Crippen molar-refractivity contribution >= 4 is 34.9 Å². The van der Waals surface area contributed by atoms with Crippen LogP contribution in [0.4, 0.5) is 20.2 Å². The number of amides is 2. The van der Waals surface area contributed by atoms with Gasteiger partial charge in [0.1, 0.15) is 29.1 Å². The molecule has 1 atom stereocenters. The molecule has 4 heterocycles. The quantitative estimate of drug-likeness (QED) is 0.242. The number of carbonyl (C=O) groups is 3. The molecule has 0 radical (unpaired) electrons. The number of nitrogens with zero attached hydrogens (tertiary/aromatic N) is 6. The maximum absolute atomic E-state index is 13.5. The standard InChI is InChI=1S/C34H41N7O6.H2/c1-20-15-23-24(18-40(20)30(43)46-32(2,3)4)35-19-36-28(23)45-22-9-10-25-21(16-22)11-14-39(25)29(42)37-27-17-26(34(8)12-13-34)38-41(27)31(44)47-33(5,6)7;/h9-11,14,16-17,19-20H,12-13,15,18H2,1-8H3,(H,37,42);1H/t20-;/m0./s1. The van der Waals surface area contributed by atoms with Crippen molar-refractivity contribution in [2.75, 3.05) is 5.32 Å². The number of hydrogen-bond donors (Lipinski definition) is 1. The molecule has 47 heavy (non-hydrogen) atoms. The fourth-order valence-electron chi connectivity index (χ4n) is 5.44. The van der Waals surface area contributed by atoms with Gasteiger partial charge in [-0.25, -0.2) is 24.4 Å². The third-order valence-corrected chi connectivity index (χ3v) is 8.20. The van der Waals surface area contributed by atoms with Crippen molar-refractivity contribution in [3.05, 3.63) is 59.8 Å². The van der Waals surface area contributed by atoms with Crippen molar-refractivity contribution in [2.45, 2.75) is 104 Å². The van der Waals surface area contributed by atoms with Gasteiger partial charge in [0, 0.05) is 36.1 Å². The fourth-order valence-corrected chi connectivity index (χ4v) is 5.44. The molecular formula is C34H43N7O6. The fraction of sp³-hybridized carbons (Fsp3) is 0.471. The van der Waals surface area contributed by atoms with E-state index in [1.165, 1.54) is 10.9 Å². The van der Waals surface area contributed by atoms with Gasteiger partial charge in [-0.15, -0.1) is 4.68 Å². The summed E-state index contributed by atoms with van der Waals surface area (Å²) in [6.45, 7) is 15.2. The lowest BCUT2D eigenvalue weighted by Crippen LogP contribution is -2.45. The first-order valence-corrected chi connectivity index (χ1v) is 15.8. The van der Waals surface area contributed by atoms with E-state index in [4.69, 9.17) is 14.2 Å². The summed E-state index contributed by atoms with van der Waals surface area (Å²) in [6, 6.07) is 8.31. The lowest BCUT2D eigenvalue weighted by atomic mass is 10.00. The van der Waals surface area contributed by atoms with Crippen molar-refractivity contribution in [1.82, 2.24) is 29.2 Å². The number of ether oxygens (including phenoxy) is 3. The van der Waals surface area contributed by atoms with Gasteiger partial charge >= 0.3 is 18.2 Å². The Balaban J connectivity index is 0.00000451. The smallest absolute Gasteiger partial charge is 0.437 e. The molecule has 0 saturated heterocycles. The Morgan fingerprint density at radius 1 is 0.979 bits per heavy atom.